The first-order valence-electron chi connectivity index (χ1n) is 21.8. The SMILES string of the molecule is COc1cc(C(=O)NN2CCC(N3CC4(CCN(c5cc6c(cc5F)C(=O)N(C5CCC(=O)NC5=O)C6=O)CC4)C3)CC2)ccc1Nc1ncc2c(n1)N(C(C)C)CC(F)(F)C(=O)N2C. The van der Waals surface area contributed by atoms with Crippen molar-refractivity contribution in [2.75, 3.05) is 80.0 Å². The number of halogens is 3. The second-order valence-corrected chi connectivity index (χ2v) is 18.1. The molecule has 9 rings (SSSR count). The third kappa shape index (κ3) is 7.97. The number of nitrogens with one attached hydrogen (secondary N) is 3. The minimum absolute atomic E-state index is 0.000279. The summed E-state index contributed by atoms with van der Waals surface area (Å²) in [6.45, 7) is 6.93. The summed E-state index contributed by atoms with van der Waals surface area (Å²) >= 11 is 0. The van der Waals surface area contributed by atoms with Crippen molar-refractivity contribution in [2.24, 2.45) is 5.41 Å². The van der Waals surface area contributed by atoms with Gasteiger partial charge in [-0.25, -0.2) is 14.4 Å². The van der Waals surface area contributed by atoms with Crippen LogP contribution < -0.4 is 35.5 Å². The van der Waals surface area contributed by atoms with Crippen LogP contribution in [0.25, 0.3) is 0 Å². The van der Waals surface area contributed by atoms with E-state index in [9.17, 15) is 37.5 Å². The number of fused-ring (bicyclic) bond motifs is 2. The Morgan fingerprint density at radius 2 is 1.62 bits per heavy atom. The number of rotatable bonds is 9. The van der Waals surface area contributed by atoms with Crippen LogP contribution in [0.1, 0.15) is 83.4 Å². The van der Waals surface area contributed by atoms with E-state index in [0.29, 0.717) is 49.2 Å². The van der Waals surface area contributed by atoms with Gasteiger partial charge in [0.2, 0.25) is 17.8 Å². The van der Waals surface area contributed by atoms with Gasteiger partial charge >= 0.3 is 5.92 Å². The summed E-state index contributed by atoms with van der Waals surface area (Å²) in [5, 5.41) is 7.15. The Morgan fingerprint density at radius 1 is 0.923 bits per heavy atom. The maximum Gasteiger partial charge on any atom is 0.342 e. The zero-order valence-electron chi connectivity index (χ0n) is 36.5. The van der Waals surface area contributed by atoms with Crippen molar-refractivity contribution in [3.8, 4) is 5.75 Å². The predicted octanol–water partition coefficient (Wildman–Crippen LogP) is 3.31. The van der Waals surface area contributed by atoms with Gasteiger partial charge in [0.25, 0.3) is 23.6 Å². The molecule has 2 aromatic carbocycles. The van der Waals surface area contributed by atoms with Crippen LogP contribution in [0.3, 0.4) is 0 Å². The molecule has 4 fully saturated rings. The van der Waals surface area contributed by atoms with E-state index in [1.165, 1.54) is 31.3 Å². The number of hydrazine groups is 1. The van der Waals surface area contributed by atoms with Crippen molar-refractivity contribution >= 4 is 64.3 Å². The molecule has 6 aliphatic heterocycles. The van der Waals surface area contributed by atoms with Crippen LogP contribution in [0.15, 0.2) is 36.5 Å². The Labute approximate surface area is 372 Å². The fraction of sp³-hybridized carbons (Fsp3) is 0.500. The average Bonchev–Trinajstić information content (AvgIpc) is 3.47. The first-order valence-corrected chi connectivity index (χ1v) is 21.8. The lowest BCUT2D eigenvalue weighted by molar-refractivity contribution is -0.140. The number of alkyl halides is 2. The second-order valence-electron chi connectivity index (χ2n) is 18.1. The number of hydrogen-bond acceptors (Lipinski definition) is 14. The van der Waals surface area contributed by atoms with E-state index in [1.54, 1.807) is 32.0 Å². The standard InChI is InChI=1S/C44H50F3N11O7/c1-24(2)57-23-44(46,47)41(64)53(3)33-20-48-42(51-36(33)57)49-30-6-5-25(17-34(30)65-4)37(60)52-56-13-9-26(10-14-56)55-21-43(22-55)11-15-54(16-12-43)32-19-28-27(18-29(32)45)39(62)58(40(28)63)31-7-8-35(59)50-38(31)61/h5-6,17-20,24,26,31H,7-16,21-23H2,1-4H3,(H,52,60)(H,48,49,51)(H,50,59,61). The Morgan fingerprint density at radius 3 is 2.28 bits per heavy atom. The van der Waals surface area contributed by atoms with Crippen LogP contribution >= 0.6 is 0 Å². The molecular weight excluding hydrogens is 852 g/mol. The predicted molar refractivity (Wildman–Crippen MR) is 230 cm³/mol. The van der Waals surface area contributed by atoms with Crippen LogP contribution in [0.4, 0.5) is 42.0 Å². The van der Waals surface area contributed by atoms with Gasteiger partial charge in [-0.15, -0.1) is 0 Å². The monoisotopic (exact) mass is 901 g/mol. The normalized spacial score (nSPS) is 22.5. The molecule has 7 heterocycles. The van der Waals surface area contributed by atoms with E-state index in [4.69, 9.17) is 4.74 Å². The molecular formula is C44H50F3N11O7. The number of nitrogens with zero attached hydrogens (tertiary/aromatic N) is 8. The number of imide groups is 2. The number of benzene rings is 2. The van der Waals surface area contributed by atoms with Crippen molar-refractivity contribution in [2.45, 2.75) is 76.4 Å². The Kier molecular flexibility index (Phi) is 11.2. The highest BCUT2D eigenvalue weighted by Gasteiger charge is 2.50. The number of amides is 6. The number of carbonyl (C=O) groups is 6. The number of aromatic nitrogens is 2. The molecule has 65 heavy (non-hydrogen) atoms. The van der Waals surface area contributed by atoms with Crippen molar-refractivity contribution in [3.05, 3.63) is 59.0 Å². The number of likely N-dealkylation sites (tertiary alicyclic amines) is 1. The summed E-state index contributed by atoms with van der Waals surface area (Å²) in [6, 6.07) is 6.21. The van der Waals surface area contributed by atoms with Crippen LogP contribution in [0.2, 0.25) is 0 Å². The summed E-state index contributed by atoms with van der Waals surface area (Å²) in [7, 11) is 2.73. The quantitative estimate of drug-likeness (QED) is 0.265. The molecule has 21 heteroatoms. The second kappa shape index (κ2) is 16.6. The molecule has 6 aliphatic rings. The zero-order chi connectivity index (χ0) is 46.1. The first-order chi connectivity index (χ1) is 31.0. The van der Waals surface area contributed by atoms with E-state index in [0.717, 1.165) is 54.6 Å². The fourth-order valence-electron chi connectivity index (χ4n) is 9.95. The van der Waals surface area contributed by atoms with Crippen LogP contribution in [0, 0.1) is 11.2 Å². The van der Waals surface area contributed by atoms with Gasteiger partial charge in [0.1, 0.15) is 23.3 Å². The van der Waals surface area contributed by atoms with Gasteiger partial charge in [-0.2, -0.15) is 13.8 Å². The lowest BCUT2D eigenvalue weighted by Gasteiger charge is -2.57. The summed E-state index contributed by atoms with van der Waals surface area (Å²) in [5.41, 5.74) is 4.28. The zero-order valence-corrected chi connectivity index (χ0v) is 36.5. The van der Waals surface area contributed by atoms with Crippen LogP contribution in [-0.4, -0.2) is 144 Å². The van der Waals surface area contributed by atoms with E-state index in [-0.39, 0.29) is 58.4 Å². The maximum atomic E-state index is 15.5. The molecule has 0 bridgehead atoms. The highest BCUT2D eigenvalue weighted by Crippen LogP contribution is 2.45. The van der Waals surface area contributed by atoms with Crippen molar-refractivity contribution in [3.63, 3.8) is 0 Å². The molecule has 4 saturated heterocycles. The molecule has 1 spiro atoms. The van der Waals surface area contributed by atoms with E-state index in [2.05, 4.69) is 30.9 Å². The largest absolute Gasteiger partial charge is 0.495 e. The van der Waals surface area contributed by atoms with E-state index < -0.39 is 59.9 Å². The average molecular weight is 902 g/mol. The summed E-state index contributed by atoms with van der Waals surface area (Å²) < 4.78 is 50.7. The smallest absolute Gasteiger partial charge is 0.342 e. The molecule has 3 aromatic rings. The third-order valence-corrected chi connectivity index (χ3v) is 13.7. The van der Waals surface area contributed by atoms with Crippen molar-refractivity contribution in [1.82, 2.24) is 35.5 Å². The first kappa shape index (κ1) is 43.9. The van der Waals surface area contributed by atoms with Gasteiger partial charge < -0.3 is 24.8 Å². The number of ether oxygens (including phenoxy) is 1. The van der Waals surface area contributed by atoms with E-state index >= 15 is 4.39 Å². The topological polar surface area (TPSA) is 193 Å². The minimum atomic E-state index is -3.62. The molecule has 0 aliphatic carbocycles. The molecule has 6 amide bonds. The summed E-state index contributed by atoms with van der Waals surface area (Å²) in [4.78, 5) is 92.8. The highest BCUT2D eigenvalue weighted by atomic mass is 19.3. The Balaban J connectivity index is 0.758. The minimum Gasteiger partial charge on any atom is -0.495 e. The molecule has 1 aromatic heterocycles. The van der Waals surface area contributed by atoms with E-state index in [1.807, 2.05) is 9.91 Å². The number of carbonyl (C=O) groups excluding carboxylic acids is 6. The summed E-state index contributed by atoms with van der Waals surface area (Å²) in [5.74, 6) is -7.87. The molecule has 3 N–H and O–H groups in total. The number of methoxy groups -OCH3 is 1. The highest BCUT2D eigenvalue weighted by molar-refractivity contribution is 6.23. The summed E-state index contributed by atoms with van der Waals surface area (Å²) in [6.07, 6.45) is 4.72. The van der Waals surface area contributed by atoms with Crippen LogP contribution in [-0.2, 0) is 14.4 Å². The lowest BCUT2D eigenvalue weighted by atomic mass is 9.70. The Hall–Kier alpha value is -6.35. The van der Waals surface area contributed by atoms with Crippen LogP contribution in [0.5, 0.6) is 5.75 Å². The fourth-order valence-corrected chi connectivity index (χ4v) is 9.95. The number of anilines is 5. The molecule has 1 atom stereocenters. The van der Waals surface area contributed by atoms with Gasteiger partial charge in [0.15, 0.2) is 5.82 Å². The molecule has 18 nitrogen and oxygen atoms in total. The van der Waals surface area contributed by atoms with Gasteiger partial charge in [-0.1, -0.05) is 0 Å². The van der Waals surface area contributed by atoms with Gasteiger partial charge in [0, 0.05) is 70.4 Å². The number of piperidine rings is 3. The molecule has 1 unspecified atom stereocenters. The van der Waals surface area contributed by atoms with Gasteiger partial charge in [0.05, 0.1) is 42.4 Å². The van der Waals surface area contributed by atoms with Gasteiger partial charge in [-0.3, -0.25) is 49.3 Å². The maximum absolute atomic E-state index is 15.5. The molecule has 344 valence electrons. The lowest BCUT2D eigenvalue weighted by Crippen LogP contribution is -2.64. The van der Waals surface area contributed by atoms with Crippen molar-refractivity contribution < 1.29 is 46.7 Å². The Bertz CT molecular complexity index is 2480. The molecule has 0 radical (unpaired) electrons. The van der Waals surface area contributed by atoms with Crippen molar-refractivity contribution in [1.29, 1.82) is 0 Å². The molecule has 0 saturated carbocycles. The third-order valence-electron chi connectivity index (χ3n) is 13.7. The van der Waals surface area contributed by atoms with Gasteiger partial charge in [-0.05, 0) is 81.7 Å². The number of hydrogen-bond donors (Lipinski definition) is 3.